The Bertz CT molecular complexity index is 350. The van der Waals surface area contributed by atoms with E-state index in [1.165, 1.54) is 31.3 Å². The van der Waals surface area contributed by atoms with Crippen LogP contribution in [-0.2, 0) is 4.74 Å². The highest BCUT2D eigenvalue weighted by Gasteiger charge is 2.14. The fourth-order valence-electron chi connectivity index (χ4n) is 1.33. The van der Waals surface area contributed by atoms with Crippen LogP contribution in [0.1, 0.15) is 35.9 Å². The molecule has 0 fully saturated rings. The van der Waals surface area contributed by atoms with Gasteiger partial charge in [-0.2, -0.15) is 0 Å². The quantitative estimate of drug-likeness (QED) is 0.594. The van der Waals surface area contributed by atoms with Crippen LogP contribution >= 0.6 is 11.3 Å². The molecule has 0 radical (unpaired) electrons. The molecule has 0 aliphatic carbocycles. The lowest BCUT2D eigenvalue weighted by Gasteiger charge is -2.01. The van der Waals surface area contributed by atoms with Gasteiger partial charge in [0.2, 0.25) is 0 Å². The number of hydrogen-bond donors (Lipinski definition) is 2. The van der Waals surface area contributed by atoms with E-state index in [-0.39, 0.29) is 5.97 Å². The van der Waals surface area contributed by atoms with E-state index in [1.54, 1.807) is 6.07 Å². The molecule has 0 aliphatic heterocycles. The molecule has 0 aromatic carbocycles. The molecule has 90 valence electrons. The van der Waals surface area contributed by atoms with Crippen molar-refractivity contribution in [2.75, 3.05) is 24.7 Å². The van der Waals surface area contributed by atoms with Gasteiger partial charge in [-0.1, -0.05) is 19.8 Å². The Kier molecular flexibility index (Phi) is 5.11. The number of nitrogens with two attached hydrogens (primary N) is 1. The maximum absolute atomic E-state index is 11.3. The largest absolute Gasteiger partial charge is 0.465 e. The number of anilines is 2. The number of thiophene rings is 1. The van der Waals surface area contributed by atoms with Gasteiger partial charge in [0.05, 0.1) is 17.8 Å². The van der Waals surface area contributed by atoms with Crippen LogP contribution in [-0.4, -0.2) is 19.6 Å². The Morgan fingerprint density at radius 1 is 1.56 bits per heavy atom. The van der Waals surface area contributed by atoms with E-state index in [1.807, 2.05) is 0 Å². The second-order valence-electron chi connectivity index (χ2n) is 3.52. The number of esters is 1. The first kappa shape index (κ1) is 12.8. The lowest BCUT2D eigenvalue weighted by molar-refractivity contribution is 0.0607. The summed E-state index contributed by atoms with van der Waals surface area (Å²) in [6.07, 6.45) is 3.53. The van der Waals surface area contributed by atoms with Crippen LogP contribution in [0.2, 0.25) is 0 Å². The monoisotopic (exact) mass is 242 g/mol. The lowest BCUT2D eigenvalue weighted by atomic mass is 10.2. The maximum Gasteiger partial charge on any atom is 0.350 e. The molecule has 0 saturated carbocycles. The number of nitrogens with one attached hydrogen (secondary N) is 1. The summed E-state index contributed by atoms with van der Waals surface area (Å²) < 4.78 is 4.64. The third-order valence-electron chi connectivity index (χ3n) is 2.21. The van der Waals surface area contributed by atoms with Crippen molar-refractivity contribution in [2.24, 2.45) is 0 Å². The molecule has 16 heavy (non-hydrogen) atoms. The number of methoxy groups -OCH3 is 1. The van der Waals surface area contributed by atoms with E-state index in [2.05, 4.69) is 17.0 Å². The number of carbonyl (C=O) groups excluding carboxylic acids is 1. The van der Waals surface area contributed by atoms with E-state index in [4.69, 9.17) is 5.73 Å². The first-order chi connectivity index (χ1) is 7.69. The number of unbranched alkanes of at least 4 members (excludes halogenated alkanes) is 2. The molecule has 1 heterocycles. The molecular formula is C11H18N2O2S. The third-order valence-corrected chi connectivity index (χ3v) is 3.30. The van der Waals surface area contributed by atoms with Crippen LogP contribution < -0.4 is 11.1 Å². The number of carbonyl (C=O) groups is 1. The zero-order chi connectivity index (χ0) is 12.0. The van der Waals surface area contributed by atoms with E-state index in [0.29, 0.717) is 10.6 Å². The van der Waals surface area contributed by atoms with Gasteiger partial charge in [-0.05, 0) is 12.5 Å². The fourth-order valence-corrected chi connectivity index (χ4v) is 2.25. The molecule has 1 rings (SSSR count). The molecule has 1 aromatic rings. The molecule has 0 aliphatic rings. The van der Waals surface area contributed by atoms with Crippen LogP contribution in [0.5, 0.6) is 0 Å². The molecule has 0 bridgehead atoms. The summed E-state index contributed by atoms with van der Waals surface area (Å²) in [6, 6.07) is 1.78. The Balaban J connectivity index is 2.52. The summed E-state index contributed by atoms with van der Waals surface area (Å²) in [5, 5.41) is 4.18. The van der Waals surface area contributed by atoms with Gasteiger partial charge in [0, 0.05) is 6.54 Å². The zero-order valence-electron chi connectivity index (χ0n) is 9.71. The summed E-state index contributed by atoms with van der Waals surface area (Å²) in [5.41, 5.74) is 6.20. The van der Waals surface area contributed by atoms with Gasteiger partial charge >= 0.3 is 5.97 Å². The van der Waals surface area contributed by atoms with Gasteiger partial charge in [-0.15, -0.1) is 11.3 Å². The Morgan fingerprint density at radius 3 is 2.94 bits per heavy atom. The summed E-state index contributed by atoms with van der Waals surface area (Å²) in [5.74, 6) is -0.371. The minimum Gasteiger partial charge on any atom is -0.465 e. The average molecular weight is 242 g/mol. The molecule has 5 heteroatoms. The molecule has 3 N–H and O–H groups in total. The molecule has 0 saturated heterocycles. The van der Waals surface area contributed by atoms with Crippen LogP contribution in [0, 0.1) is 0 Å². The van der Waals surface area contributed by atoms with Crippen molar-refractivity contribution >= 4 is 28.0 Å². The summed E-state index contributed by atoms with van der Waals surface area (Å²) in [4.78, 5) is 11.8. The van der Waals surface area contributed by atoms with Gasteiger partial charge < -0.3 is 15.8 Å². The van der Waals surface area contributed by atoms with Gasteiger partial charge in [0.1, 0.15) is 4.88 Å². The van der Waals surface area contributed by atoms with Gasteiger partial charge in [-0.3, -0.25) is 0 Å². The number of ether oxygens (including phenoxy) is 1. The zero-order valence-corrected chi connectivity index (χ0v) is 10.5. The topological polar surface area (TPSA) is 64.3 Å². The highest BCUT2D eigenvalue weighted by atomic mass is 32.1. The second kappa shape index (κ2) is 6.37. The van der Waals surface area contributed by atoms with Crippen LogP contribution in [0.4, 0.5) is 10.7 Å². The van der Waals surface area contributed by atoms with Crippen molar-refractivity contribution in [3.8, 4) is 0 Å². The molecule has 4 nitrogen and oxygen atoms in total. The van der Waals surface area contributed by atoms with Gasteiger partial charge in [0.25, 0.3) is 0 Å². The molecular weight excluding hydrogens is 224 g/mol. The number of nitrogen functional groups attached to an aromatic ring is 1. The van der Waals surface area contributed by atoms with E-state index in [9.17, 15) is 4.79 Å². The first-order valence-corrected chi connectivity index (χ1v) is 6.22. The van der Waals surface area contributed by atoms with Crippen molar-refractivity contribution in [2.45, 2.75) is 26.2 Å². The minimum absolute atomic E-state index is 0.371. The maximum atomic E-state index is 11.3. The van der Waals surface area contributed by atoms with Crippen LogP contribution in [0.25, 0.3) is 0 Å². The van der Waals surface area contributed by atoms with Gasteiger partial charge in [0.15, 0.2) is 0 Å². The predicted octanol–water partition coefficient (Wildman–Crippen LogP) is 2.72. The summed E-state index contributed by atoms with van der Waals surface area (Å²) in [7, 11) is 1.36. The molecule has 0 spiro atoms. The van der Waals surface area contributed by atoms with Crippen molar-refractivity contribution in [1.29, 1.82) is 0 Å². The molecule has 0 unspecified atom stereocenters. The van der Waals surface area contributed by atoms with Gasteiger partial charge in [-0.25, -0.2) is 4.79 Å². The standard InChI is InChI=1S/C11H18N2O2S/c1-3-4-5-6-13-9-7-8(12)10(16-9)11(14)15-2/h7,13H,3-6,12H2,1-2H3. The third kappa shape index (κ3) is 3.41. The van der Waals surface area contributed by atoms with Crippen molar-refractivity contribution in [3.05, 3.63) is 10.9 Å². The smallest absolute Gasteiger partial charge is 0.350 e. The minimum atomic E-state index is -0.371. The molecule has 1 aromatic heterocycles. The van der Waals surface area contributed by atoms with Crippen LogP contribution in [0.3, 0.4) is 0 Å². The summed E-state index contributed by atoms with van der Waals surface area (Å²) >= 11 is 1.34. The summed E-state index contributed by atoms with van der Waals surface area (Å²) in [6.45, 7) is 3.08. The van der Waals surface area contributed by atoms with Crippen molar-refractivity contribution in [1.82, 2.24) is 0 Å². The second-order valence-corrected chi connectivity index (χ2v) is 4.57. The number of rotatable bonds is 6. The Hall–Kier alpha value is -1.23. The fraction of sp³-hybridized carbons (Fsp3) is 0.545. The molecule has 0 amide bonds. The normalized spacial score (nSPS) is 10.1. The number of hydrogen-bond acceptors (Lipinski definition) is 5. The highest BCUT2D eigenvalue weighted by Crippen LogP contribution is 2.29. The van der Waals surface area contributed by atoms with Crippen molar-refractivity contribution < 1.29 is 9.53 Å². The van der Waals surface area contributed by atoms with Crippen LogP contribution in [0.15, 0.2) is 6.07 Å². The highest BCUT2D eigenvalue weighted by molar-refractivity contribution is 7.18. The van der Waals surface area contributed by atoms with E-state index < -0.39 is 0 Å². The Labute approximate surface area is 99.8 Å². The van der Waals surface area contributed by atoms with Crippen molar-refractivity contribution in [3.63, 3.8) is 0 Å². The Morgan fingerprint density at radius 2 is 2.31 bits per heavy atom. The first-order valence-electron chi connectivity index (χ1n) is 5.40. The van der Waals surface area contributed by atoms with E-state index in [0.717, 1.165) is 18.0 Å². The predicted molar refractivity (Wildman–Crippen MR) is 68.1 cm³/mol. The SMILES string of the molecule is CCCCCNc1cc(N)c(C(=O)OC)s1. The lowest BCUT2D eigenvalue weighted by Crippen LogP contribution is -2.01. The molecule has 0 atom stereocenters. The van der Waals surface area contributed by atoms with E-state index >= 15 is 0 Å². The average Bonchev–Trinajstić information content (AvgIpc) is 2.65.